The highest BCUT2D eigenvalue weighted by atomic mass is 32.1. The Labute approximate surface area is 89.9 Å². The molecule has 5 heteroatoms. The van der Waals surface area contributed by atoms with Crippen LogP contribution >= 0.6 is 11.3 Å². The van der Waals surface area contributed by atoms with Gasteiger partial charge in [0.1, 0.15) is 10.7 Å². The molecule has 78 valence electrons. The minimum Gasteiger partial charge on any atom is -0.364 e. The summed E-state index contributed by atoms with van der Waals surface area (Å²) in [6.45, 7) is 0.378. The van der Waals surface area contributed by atoms with Crippen molar-refractivity contribution < 1.29 is 9.18 Å². The normalized spacial score (nSPS) is 10.2. The summed E-state index contributed by atoms with van der Waals surface area (Å²) in [5.74, 6) is -0.846. The molecule has 0 aliphatic carbocycles. The van der Waals surface area contributed by atoms with E-state index in [4.69, 9.17) is 0 Å². The highest BCUT2D eigenvalue weighted by molar-refractivity contribution is 7.12. The van der Waals surface area contributed by atoms with Gasteiger partial charge in [0.25, 0.3) is 5.91 Å². The molecule has 2 rings (SSSR count). The van der Waals surface area contributed by atoms with Crippen molar-refractivity contribution in [2.24, 2.45) is 0 Å². The van der Waals surface area contributed by atoms with Crippen LogP contribution in [0, 0.1) is 5.82 Å². The summed E-state index contributed by atoms with van der Waals surface area (Å²) in [6, 6.07) is 4.98. The minimum absolute atomic E-state index is 0.126. The van der Waals surface area contributed by atoms with Crippen LogP contribution in [0.3, 0.4) is 0 Å². The molecule has 3 nitrogen and oxygen atoms in total. The highest BCUT2D eigenvalue weighted by Crippen LogP contribution is 2.14. The zero-order chi connectivity index (χ0) is 10.7. The maximum Gasteiger partial charge on any atom is 0.264 e. The first kappa shape index (κ1) is 9.92. The Morgan fingerprint density at radius 1 is 1.53 bits per heavy atom. The fourth-order valence-corrected chi connectivity index (χ4v) is 1.87. The molecule has 0 saturated carbocycles. The number of hydrogen-bond donors (Lipinski definition) is 2. The quantitative estimate of drug-likeness (QED) is 0.824. The molecule has 1 amide bonds. The molecule has 0 unspecified atom stereocenters. The van der Waals surface area contributed by atoms with Crippen LogP contribution in [-0.4, -0.2) is 10.9 Å². The molecule has 2 heterocycles. The topological polar surface area (TPSA) is 44.9 Å². The molecule has 2 aromatic rings. The molecule has 0 atom stereocenters. The lowest BCUT2D eigenvalue weighted by molar-refractivity contribution is 0.0951. The van der Waals surface area contributed by atoms with E-state index in [9.17, 15) is 9.18 Å². The van der Waals surface area contributed by atoms with Crippen molar-refractivity contribution in [3.63, 3.8) is 0 Å². The zero-order valence-corrected chi connectivity index (χ0v) is 8.60. The largest absolute Gasteiger partial charge is 0.364 e. The number of halogens is 1. The Bertz CT molecular complexity index is 450. The van der Waals surface area contributed by atoms with Gasteiger partial charge >= 0.3 is 0 Å². The summed E-state index contributed by atoms with van der Waals surface area (Å²) < 4.78 is 13.0. The third kappa shape index (κ3) is 2.24. The van der Waals surface area contributed by atoms with Gasteiger partial charge in [-0.2, -0.15) is 0 Å². The van der Waals surface area contributed by atoms with Crippen molar-refractivity contribution in [2.45, 2.75) is 6.54 Å². The lowest BCUT2D eigenvalue weighted by Gasteiger charge is -2.01. The van der Waals surface area contributed by atoms with E-state index in [2.05, 4.69) is 10.3 Å². The number of carbonyl (C=O) groups excluding carboxylic acids is 1. The van der Waals surface area contributed by atoms with Crippen LogP contribution in [0.4, 0.5) is 4.39 Å². The fourth-order valence-electron chi connectivity index (χ4n) is 1.19. The van der Waals surface area contributed by atoms with Crippen LogP contribution in [0.25, 0.3) is 0 Å². The molecule has 0 saturated heterocycles. The van der Waals surface area contributed by atoms with E-state index in [1.807, 2.05) is 12.1 Å². The van der Waals surface area contributed by atoms with Gasteiger partial charge in [-0.3, -0.25) is 4.79 Å². The molecule has 0 radical (unpaired) electrons. The Kier molecular flexibility index (Phi) is 2.82. The SMILES string of the molecule is O=C(NCc1ccc[nH]1)c1sccc1F. The van der Waals surface area contributed by atoms with Crippen molar-refractivity contribution in [2.75, 3.05) is 0 Å². The van der Waals surface area contributed by atoms with E-state index in [1.165, 1.54) is 6.07 Å². The number of aromatic nitrogens is 1. The second-order valence-corrected chi connectivity index (χ2v) is 3.89. The third-order valence-corrected chi connectivity index (χ3v) is 2.81. The second-order valence-electron chi connectivity index (χ2n) is 2.98. The average Bonchev–Trinajstić information content (AvgIpc) is 2.84. The highest BCUT2D eigenvalue weighted by Gasteiger charge is 2.12. The molecule has 0 aliphatic rings. The Morgan fingerprint density at radius 2 is 2.40 bits per heavy atom. The molecule has 0 spiro atoms. The van der Waals surface area contributed by atoms with Crippen molar-refractivity contribution >= 4 is 17.2 Å². The van der Waals surface area contributed by atoms with Crippen molar-refractivity contribution in [3.8, 4) is 0 Å². The summed E-state index contributed by atoms with van der Waals surface area (Å²) in [5, 5.41) is 4.18. The third-order valence-electron chi connectivity index (χ3n) is 1.93. The van der Waals surface area contributed by atoms with E-state index in [-0.39, 0.29) is 10.8 Å². The predicted octanol–water partition coefficient (Wildman–Crippen LogP) is 2.15. The van der Waals surface area contributed by atoms with Crippen LogP contribution in [0.15, 0.2) is 29.8 Å². The molecular weight excluding hydrogens is 215 g/mol. The summed E-state index contributed by atoms with van der Waals surface area (Å²) >= 11 is 1.10. The lowest BCUT2D eigenvalue weighted by atomic mass is 10.4. The number of hydrogen-bond acceptors (Lipinski definition) is 2. The van der Waals surface area contributed by atoms with Gasteiger partial charge in [0, 0.05) is 11.9 Å². The maximum absolute atomic E-state index is 13.0. The van der Waals surface area contributed by atoms with Gasteiger partial charge in [-0.15, -0.1) is 11.3 Å². The van der Waals surface area contributed by atoms with Gasteiger partial charge in [-0.1, -0.05) is 0 Å². The van der Waals surface area contributed by atoms with Gasteiger partial charge in [0.05, 0.1) is 6.54 Å². The molecule has 0 aliphatic heterocycles. The molecule has 2 aromatic heterocycles. The van der Waals surface area contributed by atoms with Crippen LogP contribution in [0.2, 0.25) is 0 Å². The number of carbonyl (C=O) groups is 1. The van der Waals surface area contributed by atoms with E-state index >= 15 is 0 Å². The zero-order valence-electron chi connectivity index (χ0n) is 7.79. The van der Waals surface area contributed by atoms with E-state index in [0.717, 1.165) is 17.0 Å². The van der Waals surface area contributed by atoms with Crippen molar-refractivity contribution in [1.29, 1.82) is 0 Å². The van der Waals surface area contributed by atoms with E-state index < -0.39 is 5.82 Å². The smallest absolute Gasteiger partial charge is 0.264 e. The number of nitrogens with one attached hydrogen (secondary N) is 2. The average molecular weight is 224 g/mol. The minimum atomic E-state index is -0.469. The fraction of sp³-hybridized carbons (Fsp3) is 0.100. The predicted molar refractivity (Wildman–Crippen MR) is 56.2 cm³/mol. The van der Waals surface area contributed by atoms with Crippen LogP contribution in [0.5, 0.6) is 0 Å². The van der Waals surface area contributed by atoms with Gasteiger partial charge in [0.15, 0.2) is 0 Å². The summed E-state index contributed by atoms with van der Waals surface area (Å²) in [5.41, 5.74) is 0.889. The van der Waals surface area contributed by atoms with E-state index in [1.54, 1.807) is 11.6 Å². The summed E-state index contributed by atoms with van der Waals surface area (Å²) in [7, 11) is 0. The monoisotopic (exact) mass is 224 g/mol. The Hall–Kier alpha value is -1.62. The molecule has 0 aromatic carbocycles. The van der Waals surface area contributed by atoms with Crippen LogP contribution in [0.1, 0.15) is 15.4 Å². The lowest BCUT2D eigenvalue weighted by Crippen LogP contribution is -2.22. The molecule has 2 N–H and O–H groups in total. The number of rotatable bonds is 3. The number of H-pyrrole nitrogens is 1. The molecule has 15 heavy (non-hydrogen) atoms. The number of thiophene rings is 1. The second kappa shape index (κ2) is 4.27. The molecular formula is C10H9FN2OS. The Balaban J connectivity index is 1.96. The van der Waals surface area contributed by atoms with Gasteiger partial charge in [-0.05, 0) is 23.6 Å². The summed E-state index contributed by atoms with van der Waals surface area (Å²) in [6.07, 6.45) is 1.77. The van der Waals surface area contributed by atoms with Crippen LogP contribution in [-0.2, 0) is 6.54 Å². The maximum atomic E-state index is 13.0. The van der Waals surface area contributed by atoms with Crippen molar-refractivity contribution in [3.05, 3.63) is 46.2 Å². The first-order valence-electron chi connectivity index (χ1n) is 4.41. The standard InChI is InChI=1S/C10H9FN2OS/c11-8-3-5-15-9(8)10(14)13-6-7-2-1-4-12-7/h1-5,12H,6H2,(H,13,14). The van der Waals surface area contributed by atoms with Gasteiger partial charge in [0.2, 0.25) is 0 Å². The van der Waals surface area contributed by atoms with E-state index in [0.29, 0.717) is 6.54 Å². The van der Waals surface area contributed by atoms with Gasteiger partial charge in [-0.25, -0.2) is 4.39 Å². The molecule has 0 fully saturated rings. The molecule has 0 bridgehead atoms. The first-order chi connectivity index (χ1) is 7.27. The summed E-state index contributed by atoms with van der Waals surface area (Å²) in [4.78, 5) is 14.5. The van der Waals surface area contributed by atoms with Crippen molar-refractivity contribution in [1.82, 2.24) is 10.3 Å². The van der Waals surface area contributed by atoms with Gasteiger partial charge < -0.3 is 10.3 Å². The van der Waals surface area contributed by atoms with Crippen LogP contribution < -0.4 is 5.32 Å². The Morgan fingerprint density at radius 3 is 3.00 bits per heavy atom. The number of aromatic amines is 1. The number of amides is 1. The first-order valence-corrected chi connectivity index (χ1v) is 5.29.